The molecule has 3 aromatic rings. The maximum Gasteiger partial charge on any atom is 0.237 e. The van der Waals surface area contributed by atoms with Crippen LogP contribution in [-0.4, -0.2) is 4.98 Å². The maximum absolute atomic E-state index is 9.02. The van der Waals surface area contributed by atoms with E-state index in [1.807, 2.05) is 42.5 Å². The molecule has 0 bridgehead atoms. The highest BCUT2D eigenvalue weighted by Crippen LogP contribution is 2.26. The van der Waals surface area contributed by atoms with Crippen molar-refractivity contribution >= 4 is 0 Å². The first-order valence-corrected chi connectivity index (χ1v) is 6.55. The molecule has 0 spiro atoms. The van der Waals surface area contributed by atoms with Crippen molar-refractivity contribution < 1.29 is 4.74 Å². The van der Waals surface area contributed by atoms with Crippen LogP contribution in [0.15, 0.2) is 72.9 Å². The van der Waals surface area contributed by atoms with Crippen LogP contribution in [0.3, 0.4) is 0 Å². The van der Waals surface area contributed by atoms with Crippen molar-refractivity contribution in [1.29, 1.82) is 5.26 Å². The molecule has 3 heteroatoms. The number of benzene rings is 2. The zero-order chi connectivity index (χ0) is 14.5. The van der Waals surface area contributed by atoms with Crippen LogP contribution in [0.1, 0.15) is 5.56 Å². The van der Waals surface area contributed by atoms with E-state index in [0.717, 1.165) is 11.1 Å². The number of nitrogens with zero attached hydrogens (tertiary/aromatic N) is 2. The standard InChI is InChI=1S/C18H12N2O/c19-13-16-7-4-12-20-18(16)21-17-10-8-15(9-11-17)14-5-2-1-3-6-14/h1-12H. The lowest BCUT2D eigenvalue weighted by Crippen LogP contribution is -1.91. The molecule has 0 unspecified atom stereocenters. The first-order valence-electron chi connectivity index (χ1n) is 6.55. The summed E-state index contributed by atoms with van der Waals surface area (Å²) in [5, 5.41) is 9.02. The third-order valence-corrected chi connectivity index (χ3v) is 3.07. The molecule has 3 rings (SSSR count). The van der Waals surface area contributed by atoms with E-state index in [1.165, 1.54) is 0 Å². The van der Waals surface area contributed by atoms with Gasteiger partial charge in [-0.1, -0.05) is 42.5 Å². The Morgan fingerprint density at radius 3 is 2.24 bits per heavy atom. The van der Waals surface area contributed by atoms with Gasteiger partial charge in [0.25, 0.3) is 0 Å². The lowest BCUT2D eigenvalue weighted by atomic mass is 10.1. The van der Waals surface area contributed by atoms with Crippen molar-refractivity contribution in [2.75, 3.05) is 0 Å². The van der Waals surface area contributed by atoms with E-state index in [1.54, 1.807) is 18.3 Å². The lowest BCUT2D eigenvalue weighted by Gasteiger charge is -2.07. The molecule has 0 atom stereocenters. The normalized spacial score (nSPS) is 9.86. The van der Waals surface area contributed by atoms with Gasteiger partial charge in [-0.05, 0) is 35.4 Å². The summed E-state index contributed by atoms with van der Waals surface area (Å²) in [6, 6.07) is 23.3. The van der Waals surface area contributed by atoms with Crippen LogP contribution >= 0.6 is 0 Å². The highest BCUT2D eigenvalue weighted by Gasteiger charge is 2.05. The summed E-state index contributed by atoms with van der Waals surface area (Å²) in [4.78, 5) is 4.08. The fraction of sp³-hybridized carbons (Fsp3) is 0. The van der Waals surface area contributed by atoms with Gasteiger partial charge in [-0.25, -0.2) is 4.98 Å². The summed E-state index contributed by atoms with van der Waals surface area (Å²) < 4.78 is 5.66. The Morgan fingerprint density at radius 1 is 0.810 bits per heavy atom. The summed E-state index contributed by atoms with van der Waals surface area (Å²) in [5.74, 6) is 0.984. The molecule has 0 aliphatic carbocycles. The minimum atomic E-state index is 0.326. The fourth-order valence-corrected chi connectivity index (χ4v) is 2.01. The average molecular weight is 272 g/mol. The third-order valence-electron chi connectivity index (χ3n) is 3.07. The van der Waals surface area contributed by atoms with Crippen molar-refractivity contribution in [2.24, 2.45) is 0 Å². The van der Waals surface area contributed by atoms with Gasteiger partial charge in [-0.15, -0.1) is 0 Å². The van der Waals surface area contributed by atoms with Gasteiger partial charge in [0, 0.05) is 6.20 Å². The largest absolute Gasteiger partial charge is 0.438 e. The molecule has 1 aromatic heterocycles. The maximum atomic E-state index is 9.02. The number of aromatic nitrogens is 1. The van der Waals surface area contributed by atoms with Crippen LogP contribution in [0, 0.1) is 11.3 Å². The van der Waals surface area contributed by atoms with E-state index < -0.39 is 0 Å². The van der Waals surface area contributed by atoms with E-state index in [-0.39, 0.29) is 0 Å². The second-order valence-corrected chi connectivity index (χ2v) is 4.46. The van der Waals surface area contributed by atoms with Gasteiger partial charge in [0.05, 0.1) is 0 Å². The van der Waals surface area contributed by atoms with E-state index in [2.05, 4.69) is 23.2 Å². The molecule has 0 aliphatic rings. The Morgan fingerprint density at radius 2 is 1.52 bits per heavy atom. The molecule has 0 fully saturated rings. The van der Waals surface area contributed by atoms with Crippen molar-refractivity contribution in [1.82, 2.24) is 4.98 Å². The predicted molar refractivity (Wildman–Crippen MR) is 80.9 cm³/mol. The molecule has 0 radical (unpaired) electrons. The molecule has 0 aliphatic heterocycles. The molecule has 1 heterocycles. The smallest absolute Gasteiger partial charge is 0.237 e. The number of nitriles is 1. The van der Waals surface area contributed by atoms with Gasteiger partial charge in [-0.3, -0.25) is 0 Å². The van der Waals surface area contributed by atoms with Gasteiger partial charge in [0.1, 0.15) is 17.4 Å². The van der Waals surface area contributed by atoms with Crippen molar-refractivity contribution in [3.63, 3.8) is 0 Å². The first-order chi connectivity index (χ1) is 10.4. The predicted octanol–water partition coefficient (Wildman–Crippen LogP) is 4.41. The Balaban J connectivity index is 1.84. The fourth-order valence-electron chi connectivity index (χ4n) is 2.01. The Kier molecular flexibility index (Phi) is 3.62. The second-order valence-electron chi connectivity index (χ2n) is 4.46. The third kappa shape index (κ3) is 2.90. The van der Waals surface area contributed by atoms with Gasteiger partial charge >= 0.3 is 0 Å². The Hall–Kier alpha value is -3.12. The SMILES string of the molecule is N#Cc1cccnc1Oc1ccc(-c2ccccc2)cc1. The van der Waals surface area contributed by atoms with Crippen LogP contribution < -0.4 is 4.74 Å². The number of hydrogen-bond donors (Lipinski definition) is 0. The Bertz CT molecular complexity index is 774. The number of rotatable bonds is 3. The van der Waals surface area contributed by atoms with Crippen LogP contribution in [0.5, 0.6) is 11.6 Å². The van der Waals surface area contributed by atoms with Crippen LogP contribution in [0.2, 0.25) is 0 Å². The zero-order valence-corrected chi connectivity index (χ0v) is 11.2. The Labute approximate surface area is 123 Å². The second kappa shape index (κ2) is 5.89. The summed E-state index contributed by atoms with van der Waals surface area (Å²) in [6.07, 6.45) is 1.61. The molecule has 0 saturated heterocycles. The summed E-state index contributed by atoms with van der Waals surface area (Å²) in [7, 11) is 0. The van der Waals surface area contributed by atoms with Crippen molar-refractivity contribution in [3.8, 4) is 28.8 Å². The summed E-state index contributed by atoms with van der Waals surface area (Å²) in [6.45, 7) is 0. The highest BCUT2D eigenvalue weighted by atomic mass is 16.5. The molecule has 2 aromatic carbocycles. The number of hydrogen-bond acceptors (Lipinski definition) is 3. The molecule has 100 valence electrons. The minimum absolute atomic E-state index is 0.326. The van der Waals surface area contributed by atoms with E-state index in [0.29, 0.717) is 17.2 Å². The van der Waals surface area contributed by atoms with E-state index >= 15 is 0 Å². The minimum Gasteiger partial charge on any atom is -0.438 e. The first kappa shape index (κ1) is 12.9. The van der Waals surface area contributed by atoms with Crippen LogP contribution in [-0.2, 0) is 0 Å². The van der Waals surface area contributed by atoms with Gasteiger partial charge in [0.15, 0.2) is 0 Å². The van der Waals surface area contributed by atoms with Gasteiger partial charge in [-0.2, -0.15) is 5.26 Å². The molecule has 0 saturated carbocycles. The van der Waals surface area contributed by atoms with Crippen molar-refractivity contribution in [3.05, 3.63) is 78.5 Å². The number of ether oxygens (including phenoxy) is 1. The topological polar surface area (TPSA) is 45.9 Å². The monoisotopic (exact) mass is 272 g/mol. The van der Waals surface area contributed by atoms with Crippen LogP contribution in [0.4, 0.5) is 0 Å². The van der Waals surface area contributed by atoms with E-state index in [4.69, 9.17) is 10.00 Å². The highest BCUT2D eigenvalue weighted by molar-refractivity contribution is 5.64. The molecular weight excluding hydrogens is 260 g/mol. The molecule has 3 nitrogen and oxygen atoms in total. The van der Waals surface area contributed by atoms with E-state index in [9.17, 15) is 0 Å². The lowest BCUT2D eigenvalue weighted by molar-refractivity contribution is 0.461. The molecule has 0 N–H and O–H groups in total. The van der Waals surface area contributed by atoms with Crippen molar-refractivity contribution in [2.45, 2.75) is 0 Å². The quantitative estimate of drug-likeness (QED) is 0.709. The number of pyridine rings is 1. The summed E-state index contributed by atoms with van der Waals surface area (Å²) in [5.41, 5.74) is 2.69. The summed E-state index contributed by atoms with van der Waals surface area (Å²) >= 11 is 0. The molecular formula is C18H12N2O. The average Bonchev–Trinajstić information content (AvgIpc) is 2.57. The van der Waals surface area contributed by atoms with Gasteiger partial charge < -0.3 is 4.74 Å². The van der Waals surface area contributed by atoms with Crippen LogP contribution in [0.25, 0.3) is 11.1 Å². The molecule has 21 heavy (non-hydrogen) atoms. The zero-order valence-electron chi connectivity index (χ0n) is 11.2. The van der Waals surface area contributed by atoms with Gasteiger partial charge in [0.2, 0.25) is 5.88 Å². The molecule has 0 amide bonds.